The van der Waals surface area contributed by atoms with E-state index in [1.54, 1.807) is 13.0 Å². The van der Waals surface area contributed by atoms with Crippen LogP contribution in [0.25, 0.3) is 11.1 Å². The molecule has 0 spiro atoms. The number of para-hydroxylation sites is 2. The lowest BCUT2D eigenvalue weighted by Crippen LogP contribution is -2.48. The number of hydrogen-bond acceptors (Lipinski definition) is 7. The zero-order valence-corrected chi connectivity index (χ0v) is 13.9. The van der Waals surface area contributed by atoms with Crippen LogP contribution in [-0.2, 0) is 4.79 Å². The van der Waals surface area contributed by atoms with E-state index in [-0.39, 0.29) is 5.91 Å². The number of amides is 1. The van der Waals surface area contributed by atoms with Crippen LogP contribution < -0.4 is 10.2 Å². The quantitative estimate of drug-likeness (QED) is 0.775. The van der Waals surface area contributed by atoms with Crippen molar-refractivity contribution in [3.8, 4) is 0 Å². The third kappa shape index (κ3) is 3.48. The molecule has 0 aliphatic carbocycles. The Morgan fingerprint density at radius 3 is 2.76 bits per heavy atom. The molecule has 3 aromatic rings. The number of nitrogens with zero attached hydrogens (tertiary/aromatic N) is 4. The van der Waals surface area contributed by atoms with E-state index >= 15 is 0 Å². The number of nitrogens with one attached hydrogen (secondary N) is 1. The number of piperazine rings is 1. The molecule has 0 unspecified atom stereocenters. The predicted molar refractivity (Wildman–Crippen MR) is 92.5 cm³/mol. The molecule has 1 aliphatic heterocycles. The van der Waals surface area contributed by atoms with Gasteiger partial charge >= 0.3 is 0 Å². The van der Waals surface area contributed by atoms with Crippen molar-refractivity contribution in [2.75, 3.05) is 42.9 Å². The number of benzene rings is 1. The van der Waals surface area contributed by atoms with Gasteiger partial charge in [-0.3, -0.25) is 9.69 Å². The van der Waals surface area contributed by atoms with Gasteiger partial charge in [0.15, 0.2) is 11.4 Å². The van der Waals surface area contributed by atoms with Crippen molar-refractivity contribution in [1.29, 1.82) is 0 Å². The van der Waals surface area contributed by atoms with E-state index in [1.807, 2.05) is 24.3 Å². The average molecular weight is 341 g/mol. The minimum absolute atomic E-state index is 0.0939. The van der Waals surface area contributed by atoms with Crippen LogP contribution in [0, 0.1) is 6.92 Å². The number of aryl methyl sites for hydroxylation is 1. The van der Waals surface area contributed by atoms with Gasteiger partial charge in [0.2, 0.25) is 5.91 Å². The summed E-state index contributed by atoms with van der Waals surface area (Å²) in [5.41, 5.74) is 1.66. The SMILES string of the molecule is Cc1cc(NC(=O)CN2CCN(c3nc4ccccc4o3)CC2)no1. The normalized spacial score (nSPS) is 15.6. The van der Waals surface area contributed by atoms with Gasteiger partial charge in [0.1, 0.15) is 11.3 Å². The fraction of sp³-hybridized carbons (Fsp3) is 0.353. The maximum atomic E-state index is 12.1. The van der Waals surface area contributed by atoms with Crippen molar-refractivity contribution in [1.82, 2.24) is 15.0 Å². The highest BCUT2D eigenvalue weighted by molar-refractivity contribution is 5.91. The van der Waals surface area contributed by atoms with E-state index in [1.165, 1.54) is 0 Å². The summed E-state index contributed by atoms with van der Waals surface area (Å²) in [5.74, 6) is 1.03. The second-order valence-corrected chi connectivity index (χ2v) is 6.10. The molecule has 1 fully saturated rings. The topological polar surface area (TPSA) is 87.6 Å². The van der Waals surface area contributed by atoms with E-state index in [0.29, 0.717) is 24.1 Å². The summed E-state index contributed by atoms with van der Waals surface area (Å²) < 4.78 is 10.7. The lowest BCUT2D eigenvalue weighted by molar-refractivity contribution is -0.117. The van der Waals surface area contributed by atoms with E-state index in [9.17, 15) is 4.79 Å². The second kappa shape index (κ2) is 6.56. The third-order valence-corrected chi connectivity index (χ3v) is 4.19. The largest absolute Gasteiger partial charge is 0.423 e. The van der Waals surface area contributed by atoms with Gasteiger partial charge < -0.3 is 19.2 Å². The molecule has 8 heteroatoms. The summed E-state index contributed by atoms with van der Waals surface area (Å²) in [4.78, 5) is 20.8. The first-order valence-corrected chi connectivity index (χ1v) is 8.23. The Balaban J connectivity index is 1.31. The van der Waals surface area contributed by atoms with Gasteiger partial charge in [0.05, 0.1) is 6.54 Å². The Kier molecular flexibility index (Phi) is 4.10. The molecule has 25 heavy (non-hydrogen) atoms. The van der Waals surface area contributed by atoms with Crippen LogP contribution in [0.4, 0.5) is 11.8 Å². The average Bonchev–Trinajstić information content (AvgIpc) is 3.21. The first-order valence-electron chi connectivity index (χ1n) is 8.23. The van der Waals surface area contributed by atoms with Gasteiger partial charge in [-0.1, -0.05) is 17.3 Å². The highest BCUT2D eigenvalue weighted by Crippen LogP contribution is 2.22. The van der Waals surface area contributed by atoms with E-state index in [2.05, 4.69) is 25.3 Å². The Bertz CT molecular complexity index is 846. The highest BCUT2D eigenvalue weighted by Gasteiger charge is 2.22. The first-order chi connectivity index (χ1) is 12.2. The minimum Gasteiger partial charge on any atom is -0.423 e. The van der Waals surface area contributed by atoms with Crippen LogP contribution in [0.1, 0.15) is 5.76 Å². The Labute approximate surface area is 144 Å². The van der Waals surface area contributed by atoms with Gasteiger partial charge in [-0.25, -0.2) is 0 Å². The Hall–Kier alpha value is -2.87. The fourth-order valence-electron chi connectivity index (χ4n) is 2.90. The molecular weight excluding hydrogens is 322 g/mol. The number of anilines is 2. The summed E-state index contributed by atoms with van der Waals surface area (Å²) in [7, 11) is 0. The van der Waals surface area contributed by atoms with Gasteiger partial charge in [0, 0.05) is 32.2 Å². The number of rotatable bonds is 4. The number of fused-ring (bicyclic) bond motifs is 1. The van der Waals surface area contributed by atoms with Crippen molar-refractivity contribution in [3.63, 3.8) is 0 Å². The number of carbonyl (C=O) groups is 1. The van der Waals surface area contributed by atoms with Crippen LogP contribution >= 0.6 is 0 Å². The molecule has 0 atom stereocenters. The molecule has 1 saturated heterocycles. The summed E-state index contributed by atoms with van der Waals surface area (Å²) >= 11 is 0. The molecule has 2 aromatic heterocycles. The lowest BCUT2D eigenvalue weighted by Gasteiger charge is -2.33. The van der Waals surface area contributed by atoms with Crippen molar-refractivity contribution < 1.29 is 13.7 Å². The predicted octanol–water partition coefficient (Wildman–Crippen LogP) is 1.88. The molecule has 1 aromatic carbocycles. The summed E-state index contributed by atoms with van der Waals surface area (Å²) in [6.07, 6.45) is 0. The van der Waals surface area contributed by atoms with E-state index in [0.717, 1.165) is 37.3 Å². The Morgan fingerprint density at radius 2 is 2.04 bits per heavy atom. The maximum absolute atomic E-state index is 12.1. The van der Waals surface area contributed by atoms with Crippen molar-refractivity contribution in [2.24, 2.45) is 0 Å². The lowest BCUT2D eigenvalue weighted by atomic mass is 10.3. The van der Waals surface area contributed by atoms with E-state index in [4.69, 9.17) is 8.94 Å². The molecule has 3 heterocycles. The number of aromatic nitrogens is 2. The second-order valence-electron chi connectivity index (χ2n) is 6.10. The highest BCUT2D eigenvalue weighted by atomic mass is 16.5. The minimum atomic E-state index is -0.0939. The first kappa shape index (κ1) is 15.6. The summed E-state index contributed by atoms with van der Waals surface area (Å²) in [6.45, 7) is 5.18. The monoisotopic (exact) mass is 341 g/mol. The summed E-state index contributed by atoms with van der Waals surface area (Å²) in [5, 5.41) is 6.51. The van der Waals surface area contributed by atoms with Crippen LogP contribution in [0.15, 0.2) is 39.3 Å². The number of oxazole rings is 1. The van der Waals surface area contributed by atoms with E-state index < -0.39 is 0 Å². The zero-order valence-electron chi connectivity index (χ0n) is 13.9. The number of hydrogen-bond donors (Lipinski definition) is 1. The molecule has 1 N–H and O–H groups in total. The van der Waals surface area contributed by atoms with Crippen LogP contribution in [0.5, 0.6) is 0 Å². The molecule has 1 amide bonds. The smallest absolute Gasteiger partial charge is 0.298 e. The number of carbonyl (C=O) groups excluding carboxylic acids is 1. The van der Waals surface area contributed by atoms with Gasteiger partial charge in [-0.05, 0) is 19.1 Å². The van der Waals surface area contributed by atoms with Crippen LogP contribution in [-0.4, -0.2) is 53.7 Å². The van der Waals surface area contributed by atoms with Gasteiger partial charge in [-0.15, -0.1) is 0 Å². The van der Waals surface area contributed by atoms with Crippen molar-refractivity contribution in [2.45, 2.75) is 6.92 Å². The third-order valence-electron chi connectivity index (χ3n) is 4.19. The fourth-order valence-corrected chi connectivity index (χ4v) is 2.90. The van der Waals surface area contributed by atoms with Crippen molar-refractivity contribution in [3.05, 3.63) is 36.1 Å². The molecule has 0 radical (unpaired) electrons. The molecule has 8 nitrogen and oxygen atoms in total. The van der Waals surface area contributed by atoms with Gasteiger partial charge in [0.25, 0.3) is 6.01 Å². The molecule has 130 valence electrons. The Morgan fingerprint density at radius 1 is 1.24 bits per heavy atom. The molecule has 1 aliphatic rings. The molecule has 0 bridgehead atoms. The van der Waals surface area contributed by atoms with Crippen molar-refractivity contribution >= 4 is 28.8 Å². The van der Waals surface area contributed by atoms with Crippen LogP contribution in [0.3, 0.4) is 0 Å². The summed E-state index contributed by atoms with van der Waals surface area (Å²) in [6, 6.07) is 10.1. The zero-order chi connectivity index (χ0) is 17.2. The van der Waals surface area contributed by atoms with Crippen LogP contribution in [0.2, 0.25) is 0 Å². The molecule has 0 saturated carbocycles. The molecule has 4 rings (SSSR count). The maximum Gasteiger partial charge on any atom is 0.298 e. The standard InChI is InChI=1S/C17H19N5O3/c1-12-10-15(20-25-12)19-16(23)11-21-6-8-22(9-7-21)17-18-13-4-2-3-5-14(13)24-17/h2-5,10H,6-9,11H2,1H3,(H,19,20,23). The molecular formula is C17H19N5O3. The van der Waals surface area contributed by atoms with Gasteiger partial charge in [-0.2, -0.15) is 4.98 Å².